The number of hydrazone groups is 1. The highest BCUT2D eigenvalue weighted by Gasteiger charge is 2.15. The molecule has 2 N–H and O–H groups in total. The molecule has 5 nitrogen and oxygen atoms in total. The molecule has 3 aromatic rings. The highest BCUT2D eigenvalue weighted by atomic mass is 32.2. The van der Waals surface area contributed by atoms with Crippen molar-refractivity contribution >= 4 is 27.1 Å². The summed E-state index contributed by atoms with van der Waals surface area (Å²) in [5.74, 6) is 0. The van der Waals surface area contributed by atoms with Gasteiger partial charge in [-0.2, -0.15) is 13.5 Å². The molecule has 0 aliphatic rings. The zero-order valence-electron chi connectivity index (χ0n) is 12.9. The minimum absolute atomic E-state index is 0.235. The summed E-state index contributed by atoms with van der Waals surface area (Å²) < 4.78 is 24.6. The second-order valence-corrected chi connectivity index (χ2v) is 7.04. The molecule has 0 unspecified atom stereocenters. The van der Waals surface area contributed by atoms with Crippen LogP contribution < -0.4 is 4.83 Å². The Kier molecular flexibility index (Phi) is 3.92. The van der Waals surface area contributed by atoms with Crippen molar-refractivity contribution in [2.24, 2.45) is 5.10 Å². The van der Waals surface area contributed by atoms with Crippen molar-refractivity contribution in [2.45, 2.75) is 18.7 Å². The standard InChI is InChI=1S/C17H17N3O2S/c1-12-7-8-17(13(2)9-12)23(21,22)20-19-11-14-10-18-16-6-4-3-5-15(14)16/h3-11,18,20H,1-2H3/b19-11+. The molecule has 0 saturated heterocycles. The van der Waals surface area contributed by atoms with E-state index >= 15 is 0 Å². The third kappa shape index (κ3) is 3.12. The number of benzene rings is 2. The van der Waals surface area contributed by atoms with Crippen LogP contribution in [-0.2, 0) is 10.0 Å². The fourth-order valence-electron chi connectivity index (χ4n) is 2.52. The van der Waals surface area contributed by atoms with Crippen LogP contribution >= 0.6 is 0 Å². The lowest BCUT2D eigenvalue weighted by Crippen LogP contribution is -2.19. The fraction of sp³-hybridized carbons (Fsp3) is 0.118. The molecule has 0 radical (unpaired) electrons. The van der Waals surface area contributed by atoms with Crippen molar-refractivity contribution in [1.29, 1.82) is 0 Å². The lowest BCUT2D eigenvalue weighted by molar-refractivity contribution is 0.584. The lowest BCUT2D eigenvalue weighted by Gasteiger charge is -2.07. The zero-order valence-corrected chi connectivity index (χ0v) is 13.7. The number of aryl methyl sites for hydroxylation is 2. The van der Waals surface area contributed by atoms with E-state index in [9.17, 15) is 8.42 Å². The average Bonchev–Trinajstić information content (AvgIpc) is 2.90. The molecule has 0 aliphatic carbocycles. The molecule has 0 saturated carbocycles. The van der Waals surface area contributed by atoms with Gasteiger partial charge in [-0.05, 0) is 31.5 Å². The first-order chi connectivity index (χ1) is 11.0. The molecule has 6 heteroatoms. The molecule has 0 atom stereocenters. The molecule has 23 heavy (non-hydrogen) atoms. The molecule has 0 bridgehead atoms. The van der Waals surface area contributed by atoms with Crippen molar-refractivity contribution in [1.82, 2.24) is 9.82 Å². The van der Waals surface area contributed by atoms with Crippen LogP contribution in [0.3, 0.4) is 0 Å². The van der Waals surface area contributed by atoms with Gasteiger partial charge in [-0.3, -0.25) is 0 Å². The van der Waals surface area contributed by atoms with Crippen molar-refractivity contribution in [2.75, 3.05) is 0 Å². The number of nitrogens with one attached hydrogen (secondary N) is 2. The van der Waals surface area contributed by atoms with Crippen LogP contribution in [-0.4, -0.2) is 19.6 Å². The number of H-pyrrole nitrogens is 1. The third-order valence-electron chi connectivity index (χ3n) is 3.62. The Hall–Kier alpha value is -2.60. The minimum atomic E-state index is -3.67. The number of hydrogen-bond acceptors (Lipinski definition) is 3. The quantitative estimate of drug-likeness (QED) is 0.571. The molecular weight excluding hydrogens is 310 g/mol. The summed E-state index contributed by atoms with van der Waals surface area (Å²) in [4.78, 5) is 5.62. The molecule has 0 amide bonds. The Morgan fingerprint density at radius 3 is 2.70 bits per heavy atom. The second kappa shape index (κ2) is 5.89. The molecule has 0 fully saturated rings. The number of aromatic amines is 1. The van der Waals surface area contributed by atoms with Crippen LogP contribution in [0.2, 0.25) is 0 Å². The van der Waals surface area contributed by atoms with Crippen LogP contribution in [0.25, 0.3) is 10.9 Å². The van der Waals surface area contributed by atoms with Gasteiger partial charge in [0.25, 0.3) is 10.0 Å². The molecule has 1 aromatic heterocycles. The molecular formula is C17H17N3O2S. The predicted molar refractivity (Wildman–Crippen MR) is 92.1 cm³/mol. The maximum Gasteiger partial charge on any atom is 0.276 e. The van der Waals surface area contributed by atoms with E-state index in [0.717, 1.165) is 22.0 Å². The summed E-state index contributed by atoms with van der Waals surface area (Å²) in [6, 6.07) is 12.9. The van der Waals surface area contributed by atoms with Crippen LogP contribution in [0.15, 0.2) is 58.7 Å². The van der Waals surface area contributed by atoms with Gasteiger partial charge < -0.3 is 4.98 Å². The SMILES string of the molecule is Cc1ccc(S(=O)(=O)N/N=C/c2c[nH]c3ccccc23)c(C)c1. The number of rotatable bonds is 4. The van der Waals surface area contributed by atoms with Crippen LogP contribution in [0.4, 0.5) is 0 Å². The summed E-state index contributed by atoms with van der Waals surface area (Å²) in [6.07, 6.45) is 3.29. The van der Waals surface area contributed by atoms with E-state index in [-0.39, 0.29) is 4.90 Å². The summed E-state index contributed by atoms with van der Waals surface area (Å²) >= 11 is 0. The zero-order chi connectivity index (χ0) is 16.4. The maximum absolute atomic E-state index is 12.3. The number of hydrogen-bond donors (Lipinski definition) is 2. The second-order valence-electron chi connectivity index (χ2n) is 5.41. The summed E-state index contributed by atoms with van der Waals surface area (Å²) in [7, 11) is -3.67. The van der Waals surface area contributed by atoms with E-state index in [2.05, 4.69) is 14.9 Å². The van der Waals surface area contributed by atoms with E-state index < -0.39 is 10.0 Å². The topological polar surface area (TPSA) is 74.3 Å². The Morgan fingerprint density at radius 2 is 1.91 bits per heavy atom. The molecule has 3 rings (SSSR count). The lowest BCUT2D eigenvalue weighted by atomic mass is 10.2. The van der Waals surface area contributed by atoms with Gasteiger partial charge in [0.05, 0.1) is 11.1 Å². The van der Waals surface area contributed by atoms with Gasteiger partial charge in [0.2, 0.25) is 0 Å². The van der Waals surface area contributed by atoms with E-state index in [1.807, 2.05) is 37.3 Å². The fourth-order valence-corrected chi connectivity index (χ4v) is 3.54. The molecule has 118 valence electrons. The van der Waals surface area contributed by atoms with Gasteiger partial charge in [0.1, 0.15) is 0 Å². The Labute approximate surface area is 135 Å². The molecule has 0 aliphatic heterocycles. The highest BCUT2D eigenvalue weighted by molar-refractivity contribution is 7.89. The maximum atomic E-state index is 12.3. The smallest absolute Gasteiger partial charge is 0.276 e. The van der Waals surface area contributed by atoms with Gasteiger partial charge in [0, 0.05) is 22.7 Å². The van der Waals surface area contributed by atoms with Crippen LogP contribution in [0.5, 0.6) is 0 Å². The average molecular weight is 327 g/mol. The Bertz CT molecular complexity index is 988. The van der Waals surface area contributed by atoms with Gasteiger partial charge >= 0.3 is 0 Å². The largest absolute Gasteiger partial charge is 0.361 e. The van der Waals surface area contributed by atoms with E-state index in [1.54, 1.807) is 25.3 Å². The Balaban J connectivity index is 1.84. The monoisotopic (exact) mass is 327 g/mol. The summed E-state index contributed by atoms with van der Waals surface area (Å²) in [5.41, 5.74) is 3.51. The number of aromatic nitrogens is 1. The molecule has 1 heterocycles. The van der Waals surface area contributed by atoms with E-state index in [0.29, 0.717) is 5.56 Å². The molecule has 0 spiro atoms. The first-order valence-electron chi connectivity index (χ1n) is 7.15. The van der Waals surface area contributed by atoms with Crippen molar-refractivity contribution in [3.8, 4) is 0 Å². The predicted octanol–water partition coefficient (Wildman–Crippen LogP) is 3.10. The number of para-hydroxylation sites is 1. The van der Waals surface area contributed by atoms with Gasteiger partial charge in [0.15, 0.2) is 0 Å². The number of sulfonamides is 1. The van der Waals surface area contributed by atoms with Gasteiger partial charge in [-0.25, -0.2) is 4.83 Å². The van der Waals surface area contributed by atoms with Crippen LogP contribution in [0, 0.1) is 13.8 Å². The van der Waals surface area contributed by atoms with Crippen molar-refractivity contribution < 1.29 is 8.42 Å². The van der Waals surface area contributed by atoms with Gasteiger partial charge in [-0.1, -0.05) is 35.9 Å². The Morgan fingerprint density at radius 1 is 1.13 bits per heavy atom. The summed E-state index contributed by atoms with van der Waals surface area (Å²) in [6.45, 7) is 3.69. The van der Waals surface area contributed by atoms with Crippen molar-refractivity contribution in [3.63, 3.8) is 0 Å². The van der Waals surface area contributed by atoms with Crippen molar-refractivity contribution in [3.05, 3.63) is 65.4 Å². The normalized spacial score (nSPS) is 12.1. The first-order valence-corrected chi connectivity index (χ1v) is 8.64. The van der Waals surface area contributed by atoms with E-state index in [1.165, 1.54) is 6.21 Å². The van der Waals surface area contributed by atoms with Crippen LogP contribution in [0.1, 0.15) is 16.7 Å². The summed E-state index contributed by atoms with van der Waals surface area (Å²) in [5, 5.41) is 4.88. The highest BCUT2D eigenvalue weighted by Crippen LogP contribution is 2.17. The number of nitrogens with zero attached hydrogens (tertiary/aromatic N) is 1. The number of fused-ring (bicyclic) bond motifs is 1. The first kappa shape index (κ1) is 15.3. The van der Waals surface area contributed by atoms with Gasteiger partial charge in [-0.15, -0.1) is 0 Å². The minimum Gasteiger partial charge on any atom is -0.361 e. The molecule has 2 aromatic carbocycles. The van der Waals surface area contributed by atoms with E-state index in [4.69, 9.17) is 0 Å². The third-order valence-corrected chi connectivity index (χ3v) is 5.00.